The van der Waals surface area contributed by atoms with Crippen molar-refractivity contribution in [3.05, 3.63) is 17.4 Å². The number of aromatic nitrogens is 4. The summed E-state index contributed by atoms with van der Waals surface area (Å²) in [5.74, 6) is -0.315. The lowest BCUT2D eigenvalue weighted by molar-refractivity contribution is -0.144. The van der Waals surface area contributed by atoms with E-state index in [9.17, 15) is 4.79 Å². The summed E-state index contributed by atoms with van der Waals surface area (Å²) in [5, 5.41) is 7.89. The highest BCUT2D eigenvalue weighted by atomic mass is 32.1. The Kier molecular flexibility index (Phi) is 3.48. The molecule has 7 heteroatoms. The second kappa shape index (κ2) is 5.05. The van der Waals surface area contributed by atoms with Crippen LogP contribution in [0, 0.1) is 6.92 Å². The van der Waals surface area contributed by atoms with Gasteiger partial charge in [-0.1, -0.05) is 5.21 Å². The Balaban J connectivity index is 2.11. The highest BCUT2D eigenvalue weighted by molar-refractivity contribution is 7.13. The van der Waals surface area contributed by atoms with Crippen molar-refractivity contribution in [1.29, 1.82) is 0 Å². The molecule has 0 amide bonds. The van der Waals surface area contributed by atoms with Crippen molar-refractivity contribution in [2.45, 2.75) is 20.4 Å². The Bertz CT molecular complexity index is 520. The van der Waals surface area contributed by atoms with Crippen molar-refractivity contribution >= 4 is 17.3 Å². The molecule has 0 aliphatic carbocycles. The van der Waals surface area contributed by atoms with Crippen molar-refractivity contribution in [2.24, 2.45) is 0 Å². The van der Waals surface area contributed by atoms with E-state index in [-0.39, 0.29) is 12.5 Å². The van der Waals surface area contributed by atoms with Gasteiger partial charge in [0.1, 0.15) is 12.2 Å². The van der Waals surface area contributed by atoms with E-state index in [4.69, 9.17) is 4.74 Å². The first-order valence-electron chi connectivity index (χ1n) is 5.17. The van der Waals surface area contributed by atoms with Crippen LogP contribution in [0.1, 0.15) is 12.6 Å². The number of rotatable bonds is 4. The molecule has 0 atom stereocenters. The molecule has 0 saturated heterocycles. The van der Waals surface area contributed by atoms with Crippen molar-refractivity contribution in [3.63, 3.8) is 0 Å². The van der Waals surface area contributed by atoms with Crippen LogP contribution >= 0.6 is 11.3 Å². The van der Waals surface area contributed by atoms with Crippen LogP contribution in [0.3, 0.4) is 0 Å². The Morgan fingerprint density at radius 1 is 1.59 bits per heavy atom. The molecule has 2 heterocycles. The Morgan fingerprint density at radius 3 is 3.06 bits per heavy atom. The van der Waals surface area contributed by atoms with Crippen molar-refractivity contribution in [3.8, 4) is 10.6 Å². The maximum Gasteiger partial charge on any atom is 0.327 e. The Labute approximate surface area is 102 Å². The number of nitrogens with zero attached hydrogens (tertiary/aromatic N) is 4. The normalized spacial score (nSPS) is 10.5. The van der Waals surface area contributed by atoms with Gasteiger partial charge in [-0.3, -0.25) is 4.79 Å². The quantitative estimate of drug-likeness (QED) is 0.766. The number of esters is 1. The number of ether oxygens (including phenoxy) is 1. The van der Waals surface area contributed by atoms with Gasteiger partial charge < -0.3 is 4.74 Å². The molecular formula is C10H12N4O2S. The van der Waals surface area contributed by atoms with E-state index in [0.717, 1.165) is 16.3 Å². The standard InChI is InChI=1S/C10H12N4O2S/c1-3-16-9(15)5-14-4-8(12-13-14)10-7(2)11-6-17-10/h4,6H,3,5H2,1-2H3. The third kappa shape index (κ3) is 2.68. The van der Waals surface area contributed by atoms with E-state index in [1.165, 1.54) is 16.0 Å². The topological polar surface area (TPSA) is 69.9 Å². The summed E-state index contributed by atoms with van der Waals surface area (Å²) in [6.07, 6.45) is 1.72. The number of hydrogen-bond acceptors (Lipinski definition) is 6. The minimum absolute atomic E-state index is 0.0820. The molecule has 0 aliphatic heterocycles. The molecule has 17 heavy (non-hydrogen) atoms. The van der Waals surface area contributed by atoms with Gasteiger partial charge in [0.25, 0.3) is 0 Å². The van der Waals surface area contributed by atoms with E-state index in [0.29, 0.717) is 6.61 Å². The fourth-order valence-electron chi connectivity index (χ4n) is 1.37. The summed E-state index contributed by atoms with van der Waals surface area (Å²) in [7, 11) is 0. The van der Waals surface area contributed by atoms with Gasteiger partial charge in [0.2, 0.25) is 0 Å². The monoisotopic (exact) mass is 252 g/mol. The molecule has 0 N–H and O–H groups in total. The lowest BCUT2D eigenvalue weighted by Crippen LogP contribution is -2.13. The molecule has 0 fully saturated rings. The van der Waals surface area contributed by atoms with Crippen LogP contribution in [0.25, 0.3) is 10.6 Å². The van der Waals surface area contributed by atoms with Crippen LogP contribution in [0.2, 0.25) is 0 Å². The van der Waals surface area contributed by atoms with Crippen LogP contribution < -0.4 is 0 Å². The zero-order chi connectivity index (χ0) is 12.3. The summed E-state index contributed by atoms with van der Waals surface area (Å²) in [4.78, 5) is 16.4. The van der Waals surface area contributed by atoms with Gasteiger partial charge >= 0.3 is 5.97 Å². The summed E-state index contributed by atoms with van der Waals surface area (Å²) in [5.41, 5.74) is 3.40. The molecule has 0 aromatic carbocycles. The van der Waals surface area contributed by atoms with E-state index in [1.807, 2.05) is 6.92 Å². The molecule has 2 rings (SSSR count). The zero-order valence-corrected chi connectivity index (χ0v) is 10.4. The maximum atomic E-state index is 11.3. The van der Waals surface area contributed by atoms with Crippen molar-refractivity contribution in [2.75, 3.05) is 6.61 Å². The Hall–Kier alpha value is -1.76. The van der Waals surface area contributed by atoms with Crippen LogP contribution in [0.4, 0.5) is 0 Å². The van der Waals surface area contributed by atoms with E-state index in [1.54, 1.807) is 18.6 Å². The van der Waals surface area contributed by atoms with Gasteiger partial charge in [0, 0.05) is 0 Å². The summed E-state index contributed by atoms with van der Waals surface area (Å²) in [6.45, 7) is 4.13. The third-order valence-corrected chi connectivity index (χ3v) is 3.06. The second-order valence-corrected chi connectivity index (χ2v) is 4.23. The number of carbonyl (C=O) groups excluding carboxylic acids is 1. The average molecular weight is 252 g/mol. The van der Waals surface area contributed by atoms with E-state index in [2.05, 4.69) is 15.3 Å². The fourth-order valence-corrected chi connectivity index (χ4v) is 2.12. The average Bonchev–Trinajstić information content (AvgIpc) is 2.87. The molecule has 0 aliphatic rings. The number of thiazole rings is 1. The van der Waals surface area contributed by atoms with Gasteiger partial charge in [0.05, 0.1) is 28.9 Å². The Morgan fingerprint density at radius 2 is 2.41 bits per heavy atom. The minimum atomic E-state index is -0.315. The summed E-state index contributed by atoms with van der Waals surface area (Å²) in [6, 6.07) is 0. The molecular weight excluding hydrogens is 240 g/mol. The maximum absolute atomic E-state index is 11.3. The van der Waals surface area contributed by atoms with Crippen molar-refractivity contribution < 1.29 is 9.53 Å². The molecule has 2 aromatic heterocycles. The predicted octanol–water partition coefficient (Wildman–Crippen LogP) is 1.27. The molecule has 0 spiro atoms. The van der Waals surface area contributed by atoms with Gasteiger partial charge in [-0.15, -0.1) is 16.4 Å². The van der Waals surface area contributed by atoms with Gasteiger partial charge in [-0.05, 0) is 13.8 Å². The second-order valence-electron chi connectivity index (χ2n) is 3.37. The minimum Gasteiger partial charge on any atom is -0.465 e. The first kappa shape index (κ1) is 11.7. The number of carbonyl (C=O) groups is 1. The molecule has 2 aromatic rings. The fraction of sp³-hybridized carbons (Fsp3) is 0.400. The molecule has 0 radical (unpaired) electrons. The first-order valence-corrected chi connectivity index (χ1v) is 6.05. The molecule has 6 nitrogen and oxygen atoms in total. The zero-order valence-electron chi connectivity index (χ0n) is 9.58. The largest absolute Gasteiger partial charge is 0.465 e. The number of aryl methyl sites for hydroxylation is 1. The SMILES string of the molecule is CCOC(=O)Cn1cc(-c2scnc2C)nn1. The third-order valence-electron chi connectivity index (χ3n) is 2.11. The van der Waals surface area contributed by atoms with Crippen molar-refractivity contribution in [1.82, 2.24) is 20.0 Å². The summed E-state index contributed by atoms with van der Waals surface area (Å²) >= 11 is 1.50. The molecule has 0 saturated carbocycles. The van der Waals surface area contributed by atoms with Gasteiger partial charge in [-0.2, -0.15) is 0 Å². The molecule has 90 valence electrons. The van der Waals surface area contributed by atoms with Crippen LogP contribution in [-0.4, -0.2) is 32.6 Å². The molecule has 0 unspecified atom stereocenters. The number of hydrogen-bond donors (Lipinski definition) is 0. The first-order chi connectivity index (χ1) is 8.20. The highest BCUT2D eigenvalue weighted by Crippen LogP contribution is 2.24. The van der Waals surface area contributed by atoms with Crippen LogP contribution in [0.15, 0.2) is 11.7 Å². The lowest BCUT2D eigenvalue weighted by Gasteiger charge is -1.99. The predicted molar refractivity (Wildman–Crippen MR) is 62.5 cm³/mol. The lowest BCUT2D eigenvalue weighted by atomic mass is 10.3. The van der Waals surface area contributed by atoms with E-state index < -0.39 is 0 Å². The smallest absolute Gasteiger partial charge is 0.327 e. The van der Waals surface area contributed by atoms with Crippen LogP contribution in [0.5, 0.6) is 0 Å². The highest BCUT2D eigenvalue weighted by Gasteiger charge is 2.11. The molecule has 0 bridgehead atoms. The van der Waals surface area contributed by atoms with E-state index >= 15 is 0 Å². The van der Waals surface area contributed by atoms with Crippen LogP contribution in [-0.2, 0) is 16.1 Å². The van der Waals surface area contributed by atoms with Gasteiger partial charge in [-0.25, -0.2) is 9.67 Å². The summed E-state index contributed by atoms with van der Waals surface area (Å²) < 4.78 is 6.30. The van der Waals surface area contributed by atoms with Gasteiger partial charge in [0.15, 0.2) is 0 Å².